The second-order valence-corrected chi connectivity index (χ2v) is 20.0. The fourth-order valence-corrected chi connectivity index (χ4v) is 14.2. The molecule has 10 aromatic carbocycles. The van der Waals surface area contributed by atoms with Gasteiger partial charge in [-0.1, -0.05) is 158 Å². The first-order chi connectivity index (χ1) is 33.8. The monoisotopic (exact) mass is 902 g/mol. The molecule has 1 unspecified atom stereocenters. The number of thiophene rings is 2. The second kappa shape index (κ2) is 14.4. The van der Waals surface area contributed by atoms with E-state index >= 15 is 0 Å². The van der Waals surface area contributed by atoms with Crippen LogP contribution in [0, 0.1) is 0 Å². The summed E-state index contributed by atoms with van der Waals surface area (Å²) in [5.74, 6) is 0.975. The lowest BCUT2D eigenvalue weighted by molar-refractivity contribution is 0.507. The molecular formula is C63H38N2OS2. The Bertz CT molecular complexity index is 4180. The lowest BCUT2D eigenvalue weighted by Gasteiger charge is -2.35. The van der Waals surface area contributed by atoms with Crippen LogP contribution in [-0.2, 0) is 5.41 Å². The van der Waals surface area contributed by atoms with E-state index in [9.17, 15) is 0 Å². The van der Waals surface area contributed by atoms with E-state index in [4.69, 9.17) is 4.42 Å². The summed E-state index contributed by atoms with van der Waals surface area (Å²) < 4.78 is 12.5. The highest BCUT2D eigenvalue weighted by Gasteiger charge is 2.57. The molecule has 0 fully saturated rings. The Balaban J connectivity index is 1.03. The van der Waals surface area contributed by atoms with E-state index in [1.807, 2.05) is 22.7 Å². The predicted molar refractivity (Wildman–Crippen MR) is 288 cm³/mol. The molecule has 13 aromatic rings. The van der Waals surface area contributed by atoms with Gasteiger partial charge in [-0.3, -0.25) is 0 Å². The normalized spacial score (nSPS) is 14.5. The van der Waals surface area contributed by atoms with Crippen LogP contribution in [0.4, 0.5) is 34.1 Å². The maximum Gasteiger partial charge on any atom is 0.135 e. The first-order valence-electron chi connectivity index (χ1n) is 23.2. The lowest BCUT2D eigenvalue weighted by atomic mass is 9.72. The number of fused-ring (bicyclic) bond motifs is 18. The molecule has 0 saturated carbocycles. The Hall–Kier alpha value is -8.22. The van der Waals surface area contributed by atoms with E-state index < -0.39 is 5.41 Å². The van der Waals surface area contributed by atoms with Crippen molar-refractivity contribution in [3.05, 3.63) is 253 Å². The first kappa shape index (κ1) is 37.9. The smallest absolute Gasteiger partial charge is 0.135 e. The molecule has 1 atom stereocenters. The van der Waals surface area contributed by atoms with Crippen molar-refractivity contribution < 1.29 is 4.42 Å². The third kappa shape index (κ3) is 5.12. The Morgan fingerprint density at radius 3 is 1.57 bits per heavy atom. The minimum absolute atomic E-state index is 0.783. The summed E-state index contributed by atoms with van der Waals surface area (Å²) in [5.41, 5.74) is 15.3. The summed E-state index contributed by atoms with van der Waals surface area (Å²) in [6.07, 6.45) is 0. The highest BCUT2D eigenvalue weighted by Crippen LogP contribution is 2.67. The van der Waals surface area contributed by atoms with Gasteiger partial charge in [0, 0.05) is 64.5 Å². The van der Waals surface area contributed by atoms with Gasteiger partial charge in [0.1, 0.15) is 16.8 Å². The summed E-state index contributed by atoms with van der Waals surface area (Å²) in [6.45, 7) is 0. The van der Waals surface area contributed by atoms with Crippen LogP contribution in [0.3, 0.4) is 0 Å². The fraction of sp³-hybridized carbons (Fsp3) is 0.0159. The molecule has 2 aliphatic carbocycles. The van der Waals surface area contributed by atoms with Gasteiger partial charge >= 0.3 is 0 Å². The second-order valence-electron chi connectivity index (χ2n) is 17.9. The van der Waals surface area contributed by atoms with Gasteiger partial charge in [-0.15, -0.1) is 22.7 Å². The minimum Gasteiger partial charge on any atom is -0.459 e. The standard InChI is InChI=1S/C63H38N2OS2/c1-3-18-39(19-4-1)64(53-31-15-26-45-43-23-9-13-34-56(43)67-60(45)53)41-36-37-51-49(38-41)42-22-7-11-29-50(42)63(51)59-48(58-47-25-8-12-33-55(47)66-62(58)63)28-17-30-52(59)65(40-20-5-2-6-21-40)54-32-16-27-46-44-24-10-14-35-57(44)68-61(46)54/h1-38H. The number of hydrogen-bond acceptors (Lipinski definition) is 5. The molecule has 15 rings (SSSR count). The number of hydrogen-bond donors (Lipinski definition) is 0. The van der Waals surface area contributed by atoms with Crippen molar-refractivity contribution in [3.8, 4) is 22.3 Å². The van der Waals surface area contributed by atoms with Gasteiger partial charge in [0.25, 0.3) is 0 Å². The van der Waals surface area contributed by atoms with Crippen molar-refractivity contribution in [2.75, 3.05) is 9.80 Å². The number of rotatable bonds is 6. The number of anilines is 6. The van der Waals surface area contributed by atoms with E-state index in [1.54, 1.807) is 0 Å². The summed E-state index contributed by atoms with van der Waals surface area (Å²) in [7, 11) is 0. The lowest BCUT2D eigenvalue weighted by Crippen LogP contribution is -2.28. The summed E-state index contributed by atoms with van der Waals surface area (Å²) in [5, 5.41) is 6.24. The van der Waals surface area contributed by atoms with Crippen LogP contribution in [0.2, 0.25) is 0 Å². The van der Waals surface area contributed by atoms with Gasteiger partial charge in [0.05, 0.1) is 26.5 Å². The molecule has 3 heterocycles. The van der Waals surface area contributed by atoms with Gasteiger partial charge in [0.2, 0.25) is 0 Å². The van der Waals surface area contributed by atoms with Crippen molar-refractivity contribution >= 4 is 108 Å². The molecule has 5 heteroatoms. The van der Waals surface area contributed by atoms with Gasteiger partial charge in [-0.25, -0.2) is 0 Å². The van der Waals surface area contributed by atoms with E-state index in [0.717, 1.165) is 50.9 Å². The van der Waals surface area contributed by atoms with Crippen molar-refractivity contribution in [1.29, 1.82) is 0 Å². The number of nitrogens with zero attached hydrogens (tertiary/aromatic N) is 2. The first-order valence-corrected chi connectivity index (χ1v) is 24.8. The Kier molecular flexibility index (Phi) is 8.03. The molecule has 3 nitrogen and oxygen atoms in total. The van der Waals surface area contributed by atoms with Gasteiger partial charge in [0.15, 0.2) is 0 Å². The number of benzene rings is 10. The van der Waals surface area contributed by atoms with Crippen molar-refractivity contribution in [3.63, 3.8) is 0 Å². The van der Waals surface area contributed by atoms with Gasteiger partial charge < -0.3 is 14.2 Å². The molecule has 0 N–H and O–H groups in total. The zero-order valence-electron chi connectivity index (χ0n) is 36.6. The van der Waals surface area contributed by atoms with Crippen LogP contribution in [0.25, 0.3) is 73.6 Å². The third-order valence-corrected chi connectivity index (χ3v) is 16.8. The highest BCUT2D eigenvalue weighted by molar-refractivity contribution is 7.26. The molecule has 0 aliphatic heterocycles. The van der Waals surface area contributed by atoms with Crippen molar-refractivity contribution in [2.24, 2.45) is 0 Å². The molecule has 0 amide bonds. The minimum atomic E-state index is -0.783. The summed E-state index contributed by atoms with van der Waals surface area (Å²) in [6, 6.07) is 84.7. The van der Waals surface area contributed by atoms with Gasteiger partial charge in [-0.2, -0.15) is 0 Å². The van der Waals surface area contributed by atoms with E-state index in [-0.39, 0.29) is 0 Å². The van der Waals surface area contributed by atoms with Gasteiger partial charge in [-0.05, 0) is 101 Å². The topological polar surface area (TPSA) is 19.6 Å². The quantitative estimate of drug-likeness (QED) is 0.166. The zero-order valence-corrected chi connectivity index (χ0v) is 38.2. The van der Waals surface area contributed by atoms with E-state index in [1.165, 1.54) is 79.3 Å². The summed E-state index contributed by atoms with van der Waals surface area (Å²) in [4.78, 5) is 4.97. The highest BCUT2D eigenvalue weighted by atomic mass is 32.1. The van der Waals surface area contributed by atoms with Crippen molar-refractivity contribution in [1.82, 2.24) is 0 Å². The maximum atomic E-state index is 7.37. The molecule has 2 aliphatic rings. The average Bonchev–Trinajstić information content (AvgIpc) is 4.21. The average molecular weight is 903 g/mol. The molecule has 68 heavy (non-hydrogen) atoms. The number of furan rings is 1. The molecule has 0 bridgehead atoms. The van der Waals surface area contributed by atoms with Crippen LogP contribution >= 0.6 is 22.7 Å². The maximum absolute atomic E-state index is 7.37. The SMILES string of the molecule is c1ccc(N(c2ccc3c(c2)-c2ccccc2C32c3oc4ccccc4c3-c3cccc(N(c4ccccc4)c4cccc5c4sc4ccccc45)c32)c2cccc3c2sc2ccccc23)cc1. The van der Waals surface area contributed by atoms with Crippen LogP contribution in [0.1, 0.15) is 22.5 Å². The molecular weight excluding hydrogens is 865 g/mol. The fourth-order valence-electron chi connectivity index (χ4n) is 11.8. The zero-order chi connectivity index (χ0) is 44.5. The molecule has 1 spiro atoms. The van der Waals surface area contributed by atoms with Crippen LogP contribution in [-0.4, -0.2) is 0 Å². The Morgan fingerprint density at radius 2 is 0.868 bits per heavy atom. The predicted octanol–water partition coefficient (Wildman–Crippen LogP) is 18.5. The third-order valence-electron chi connectivity index (χ3n) is 14.4. The Morgan fingerprint density at radius 1 is 0.353 bits per heavy atom. The molecule has 3 aromatic heterocycles. The molecule has 0 saturated heterocycles. The van der Waals surface area contributed by atoms with E-state index in [0.29, 0.717) is 0 Å². The Labute approximate surface area is 400 Å². The number of para-hydroxylation sites is 3. The summed E-state index contributed by atoms with van der Waals surface area (Å²) >= 11 is 3.73. The van der Waals surface area contributed by atoms with Crippen LogP contribution in [0.15, 0.2) is 235 Å². The van der Waals surface area contributed by atoms with Crippen LogP contribution < -0.4 is 9.80 Å². The molecule has 318 valence electrons. The largest absolute Gasteiger partial charge is 0.459 e. The molecule has 0 radical (unpaired) electrons. The van der Waals surface area contributed by atoms with E-state index in [2.05, 4.69) is 240 Å². The van der Waals surface area contributed by atoms with Crippen molar-refractivity contribution in [2.45, 2.75) is 5.41 Å². The van der Waals surface area contributed by atoms with Crippen LogP contribution in [0.5, 0.6) is 0 Å².